The summed E-state index contributed by atoms with van der Waals surface area (Å²) in [6.07, 6.45) is 2.42. The van der Waals surface area contributed by atoms with E-state index in [1.807, 2.05) is 80.5 Å². The van der Waals surface area contributed by atoms with Crippen LogP contribution in [0, 0.1) is 5.41 Å². The van der Waals surface area contributed by atoms with Crippen molar-refractivity contribution in [2.75, 3.05) is 34.0 Å². The Morgan fingerprint density at radius 2 is 1.63 bits per heavy atom. The van der Waals surface area contributed by atoms with Crippen molar-refractivity contribution in [1.29, 1.82) is 0 Å². The molecule has 3 aromatic carbocycles. The van der Waals surface area contributed by atoms with Crippen LogP contribution in [0.5, 0.6) is 11.5 Å². The van der Waals surface area contributed by atoms with Gasteiger partial charge in [0.15, 0.2) is 11.5 Å². The summed E-state index contributed by atoms with van der Waals surface area (Å²) in [4.78, 5) is 26.6. The zero-order valence-corrected chi connectivity index (χ0v) is 22.3. The van der Waals surface area contributed by atoms with Crippen LogP contribution in [0.1, 0.15) is 44.5 Å². The van der Waals surface area contributed by atoms with Crippen LogP contribution >= 0.6 is 11.6 Å². The first kappa shape index (κ1) is 29.2. The zero-order chi connectivity index (χ0) is 26.4. The Labute approximate surface area is 232 Å². The van der Waals surface area contributed by atoms with Crippen molar-refractivity contribution in [2.45, 2.75) is 33.6 Å². The quantitative estimate of drug-likeness (QED) is 0.354. The number of fused-ring (bicyclic) bond motifs is 1. The Bertz CT molecular complexity index is 1240. The number of hydrogen-bond acceptors (Lipinski definition) is 5. The molecule has 1 fully saturated rings. The van der Waals surface area contributed by atoms with Crippen molar-refractivity contribution < 1.29 is 20.5 Å². The molecule has 7 heteroatoms. The van der Waals surface area contributed by atoms with E-state index in [9.17, 15) is 9.59 Å². The summed E-state index contributed by atoms with van der Waals surface area (Å²) in [5.41, 5.74) is 3.28. The van der Waals surface area contributed by atoms with Crippen molar-refractivity contribution >= 4 is 23.3 Å². The fourth-order valence-corrected chi connectivity index (χ4v) is 4.14. The minimum atomic E-state index is -0.124. The van der Waals surface area contributed by atoms with Gasteiger partial charge in [-0.3, -0.25) is 9.59 Å². The first-order valence-corrected chi connectivity index (χ1v) is 12.8. The molecule has 0 bridgehead atoms. The normalized spacial score (nSPS) is 14.1. The van der Waals surface area contributed by atoms with Gasteiger partial charge in [0, 0.05) is 42.5 Å². The molecule has 1 aliphatic carbocycles. The number of nitrogens with zero attached hydrogens (tertiary/aromatic N) is 1. The van der Waals surface area contributed by atoms with Crippen LogP contribution in [-0.4, -0.2) is 50.6 Å². The lowest BCUT2D eigenvalue weighted by Crippen LogP contribution is -2.31. The SMILES string of the molecule is C.CN(C)CCNC(=O)c1ccc(-c2cc(CC(=O)C3(C)CC3)ccc2Cl)cc1.[HH].c1ccc2c(c1)OCO2. The number of carbonyl (C=O) groups excluding carboxylic acids is 2. The monoisotopic (exact) mass is 538 g/mol. The molecular weight excluding hydrogens is 500 g/mol. The molecule has 5 rings (SSSR count). The molecule has 1 amide bonds. The van der Waals surface area contributed by atoms with Gasteiger partial charge < -0.3 is 19.7 Å². The predicted molar refractivity (Wildman–Crippen MR) is 155 cm³/mol. The number of hydrogen-bond donors (Lipinski definition) is 1. The second kappa shape index (κ2) is 12.9. The van der Waals surface area contributed by atoms with Crippen LogP contribution < -0.4 is 14.8 Å². The molecule has 3 aromatic rings. The molecule has 1 aliphatic heterocycles. The molecule has 204 valence electrons. The van der Waals surface area contributed by atoms with Crippen molar-refractivity contribution in [1.82, 2.24) is 10.2 Å². The zero-order valence-electron chi connectivity index (χ0n) is 21.6. The molecule has 1 saturated carbocycles. The highest BCUT2D eigenvalue weighted by Gasteiger charge is 2.43. The average molecular weight is 539 g/mol. The highest BCUT2D eigenvalue weighted by molar-refractivity contribution is 6.33. The van der Waals surface area contributed by atoms with Crippen molar-refractivity contribution in [3.63, 3.8) is 0 Å². The number of likely N-dealkylation sites (N-methyl/N-ethyl adjacent to an activating group) is 1. The van der Waals surface area contributed by atoms with E-state index in [0.29, 0.717) is 36.1 Å². The molecule has 0 spiro atoms. The Morgan fingerprint density at radius 3 is 2.21 bits per heavy atom. The average Bonchev–Trinajstić information content (AvgIpc) is 3.46. The maximum absolute atomic E-state index is 12.4. The molecule has 38 heavy (non-hydrogen) atoms. The van der Waals surface area contributed by atoms with E-state index in [-0.39, 0.29) is 20.2 Å². The number of para-hydroxylation sites is 2. The lowest BCUT2D eigenvalue weighted by molar-refractivity contribution is -0.122. The fraction of sp³-hybridized carbons (Fsp3) is 0.355. The maximum atomic E-state index is 12.4. The van der Waals surface area contributed by atoms with E-state index >= 15 is 0 Å². The summed E-state index contributed by atoms with van der Waals surface area (Å²) in [5, 5.41) is 3.54. The number of benzene rings is 3. The number of nitrogens with one attached hydrogen (secondary N) is 1. The topological polar surface area (TPSA) is 67.9 Å². The Morgan fingerprint density at radius 1 is 1.00 bits per heavy atom. The van der Waals surface area contributed by atoms with E-state index in [4.69, 9.17) is 21.1 Å². The number of carbonyl (C=O) groups is 2. The summed E-state index contributed by atoms with van der Waals surface area (Å²) in [5.74, 6) is 1.90. The van der Waals surface area contributed by atoms with E-state index in [1.54, 1.807) is 12.1 Å². The van der Waals surface area contributed by atoms with Gasteiger partial charge in [-0.25, -0.2) is 0 Å². The molecule has 1 heterocycles. The van der Waals surface area contributed by atoms with Gasteiger partial charge in [-0.2, -0.15) is 0 Å². The second-order valence-corrected chi connectivity index (χ2v) is 10.4. The van der Waals surface area contributed by atoms with E-state index in [2.05, 4.69) is 5.32 Å². The van der Waals surface area contributed by atoms with Gasteiger partial charge in [-0.1, -0.05) is 56.3 Å². The van der Waals surface area contributed by atoms with Gasteiger partial charge in [-0.15, -0.1) is 0 Å². The standard InChI is InChI=1S/C23H27ClN2O2.C7H6O2.CH4.H2/c1-23(10-11-23)21(27)15-16-4-9-20(24)19(14-16)17-5-7-18(8-6-17)22(28)25-12-13-26(2)3;1-2-4-7-6(3-1)8-5-9-7;;/h4-9,14H,10-13,15H2,1-3H3,(H,25,28);1-4H,5H2;1H4;1H. The fourth-order valence-electron chi connectivity index (χ4n) is 3.91. The summed E-state index contributed by atoms with van der Waals surface area (Å²) >= 11 is 6.40. The van der Waals surface area contributed by atoms with Crippen molar-refractivity contribution in [3.05, 3.63) is 82.9 Å². The number of Topliss-reactive ketones (excluding diaryl/α,β-unsaturated/α-hetero) is 1. The van der Waals surface area contributed by atoms with E-state index in [0.717, 1.165) is 47.6 Å². The summed E-state index contributed by atoms with van der Waals surface area (Å²) in [6.45, 7) is 3.80. The van der Waals surface area contributed by atoms with Crippen LogP contribution in [0.3, 0.4) is 0 Å². The van der Waals surface area contributed by atoms with Crippen LogP contribution in [-0.2, 0) is 11.2 Å². The van der Waals surface area contributed by atoms with Gasteiger partial charge in [0.1, 0.15) is 5.78 Å². The molecule has 0 aromatic heterocycles. The van der Waals surface area contributed by atoms with E-state index < -0.39 is 0 Å². The van der Waals surface area contributed by atoms with Crippen LogP contribution in [0.2, 0.25) is 5.02 Å². The number of ether oxygens (including phenoxy) is 2. The summed E-state index contributed by atoms with van der Waals surface area (Å²) in [7, 11) is 3.94. The smallest absolute Gasteiger partial charge is 0.251 e. The lowest BCUT2D eigenvalue weighted by Gasteiger charge is -2.12. The number of ketones is 1. The molecule has 0 radical (unpaired) electrons. The molecule has 1 N–H and O–H groups in total. The Kier molecular flexibility index (Phi) is 9.95. The molecule has 0 atom stereocenters. The summed E-state index contributed by atoms with van der Waals surface area (Å²) < 4.78 is 10.2. The first-order chi connectivity index (χ1) is 17.7. The highest BCUT2D eigenvalue weighted by atomic mass is 35.5. The lowest BCUT2D eigenvalue weighted by atomic mass is 9.94. The highest BCUT2D eigenvalue weighted by Crippen LogP contribution is 2.46. The van der Waals surface area contributed by atoms with Gasteiger partial charge in [0.2, 0.25) is 6.79 Å². The summed E-state index contributed by atoms with van der Waals surface area (Å²) in [6, 6.07) is 20.8. The van der Waals surface area contributed by atoms with Crippen LogP contribution in [0.15, 0.2) is 66.7 Å². The Hall–Kier alpha value is -3.35. The van der Waals surface area contributed by atoms with Gasteiger partial charge in [0.05, 0.1) is 0 Å². The van der Waals surface area contributed by atoms with Crippen molar-refractivity contribution in [2.24, 2.45) is 5.41 Å². The maximum Gasteiger partial charge on any atom is 0.251 e. The molecule has 0 unspecified atom stereocenters. The predicted octanol–water partition coefficient (Wildman–Crippen LogP) is 6.51. The third-order valence-electron chi connectivity index (χ3n) is 6.65. The number of amides is 1. The minimum absolute atomic E-state index is 0. The molecule has 6 nitrogen and oxygen atoms in total. The third-order valence-corrected chi connectivity index (χ3v) is 6.98. The van der Waals surface area contributed by atoms with Gasteiger partial charge in [0.25, 0.3) is 5.91 Å². The van der Waals surface area contributed by atoms with Crippen LogP contribution in [0.4, 0.5) is 0 Å². The van der Waals surface area contributed by atoms with Gasteiger partial charge >= 0.3 is 0 Å². The van der Waals surface area contributed by atoms with E-state index in [1.165, 1.54) is 0 Å². The molecule has 2 aliphatic rings. The second-order valence-electron chi connectivity index (χ2n) is 9.96. The molecule has 0 saturated heterocycles. The van der Waals surface area contributed by atoms with Crippen LogP contribution in [0.25, 0.3) is 11.1 Å². The largest absolute Gasteiger partial charge is 0.454 e. The number of rotatable bonds is 8. The Balaban J connectivity index is 0.000000408. The molecular formula is C31H39ClN2O4. The minimum Gasteiger partial charge on any atom is -0.454 e. The number of halogens is 1. The van der Waals surface area contributed by atoms with Crippen molar-refractivity contribution in [3.8, 4) is 22.6 Å². The van der Waals surface area contributed by atoms with Gasteiger partial charge in [-0.05, 0) is 74.5 Å². The third kappa shape index (κ3) is 7.59. The first-order valence-electron chi connectivity index (χ1n) is 12.4.